The first-order valence-corrected chi connectivity index (χ1v) is 4.67. The molecule has 70 valence electrons. The topological polar surface area (TPSA) is 49.6 Å². The van der Waals surface area contributed by atoms with Gasteiger partial charge in [0.2, 0.25) is 0 Å². The molecule has 1 heterocycles. The van der Waals surface area contributed by atoms with Gasteiger partial charge in [-0.15, -0.1) is 10.2 Å². The molecule has 0 bridgehead atoms. The summed E-state index contributed by atoms with van der Waals surface area (Å²) in [4.78, 5) is 0. The fourth-order valence-electron chi connectivity index (χ4n) is 0.949. The van der Waals surface area contributed by atoms with Crippen LogP contribution < -0.4 is 0 Å². The normalized spacial score (nSPS) is 10.1. The molecule has 0 radical (unpaired) electrons. The number of halogens is 2. The van der Waals surface area contributed by atoms with Crippen molar-refractivity contribution in [1.29, 1.82) is 5.41 Å². The van der Waals surface area contributed by atoms with Gasteiger partial charge in [-0.05, 0) is 12.5 Å². The molecule has 1 aromatic rings. The fourth-order valence-corrected chi connectivity index (χ4v) is 1.30. The van der Waals surface area contributed by atoms with Crippen LogP contribution in [0.3, 0.4) is 0 Å². The zero-order valence-corrected chi connectivity index (χ0v) is 8.65. The number of nitrogens with one attached hydrogen (secondary N) is 1. The lowest BCUT2D eigenvalue weighted by atomic mass is 10.1. The van der Waals surface area contributed by atoms with E-state index in [1.165, 1.54) is 0 Å². The number of hydrogen-bond donors (Lipinski definition) is 1. The molecule has 0 amide bonds. The minimum atomic E-state index is 0.239. The first kappa shape index (κ1) is 10.4. The lowest BCUT2D eigenvalue weighted by Gasteiger charge is -2.03. The lowest BCUT2D eigenvalue weighted by Crippen LogP contribution is -2.01. The van der Waals surface area contributed by atoms with Crippen LogP contribution in [0.1, 0.15) is 25.3 Å². The van der Waals surface area contributed by atoms with Gasteiger partial charge in [-0.25, -0.2) is 0 Å². The minimum Gasteiger partial charge on any atom is -0.305 e. The Bertz CT molecular complexity index is 325. The van der Waals surface area contributed by atoms with Crippen molar-refractivity contribution in [3.8, 4) is 0 Å². The van der Waals surface area contributed by atoms with E-state index in [9.17, 15) is 0 Å². The Morgan fingerprint density at radius 1 is 1.46 bits per heavy atom. The molecule has 13 heavy (non-hydrogen) atoms. The van der Waals surface area contributed by atoms with Crippen molar-refractivity contribution in [2.45, 2.75) is 19.8 Å². The van der Waals surface area contributed by atoms with Crippen molar-refractivity contribution < 1.29 is 0 Å². The predicted octanol–water partition coefficient (Wildman–Crippen LogP) is 2.95. The molecule has 3 nitrogen and oxygen atoms in total. The summed E-state index contributed by atoms with van der Waals surface area (Å²) in [6.07, 6.45) is 1.57. The van der Waals surface area contributed by atoms with Crippen LogP contribution in [0.4, 0.5) is 0 Å². The van der Waals surface area contributed by atoms with Crippen molar-refractivity contribution in [1.82, 2.24) is 10.2 Å². The molecule has 0 saturated heterocycles. The van der Waals surface area contributed by atoms with E-state index in [1.54, 1.807) is 6.07 Å². The highest BCUT2D eigenvalue weighted by molar-refractivity contribution is 6.34. The van der Waals surface area contributed by atoms with Crippen LogP contribution in [0.2, 0.25) is 10.3 Å². The summed E-state index contributed by atoms with van der Waals surface area (Å²) in [5, 5.41) is 15.4. The van der Waals surface area contributed by atoms with E-state index < -0.39 is 0 Å². The monoisotopic (exact) mass is 217 g/mol. The summed E-state index contributed by atoms with van der Waals surface area (Å²) in [5.41, 5.74) is 1.02. The van der Waals surface area contributed by atoms with Crippen molar-refractivity contribution in [3.63, 3.8) is 0 Å². The predicted molar refractivity (Wildman–Crippen MR) is 53.8 cm³/mol. The summed E-state index contributed by atoms with van der Waals surface area (Å²) in [6.45, 7) is 2.00. The molecule has 0 aromatic carbocycles. The number of hydrogen-bond acceptors (Lipinski definition) is 3. The van der Waals surface area contributed by atoms with Crippen LogP contribution in [0.15, 0.2) is 6.07 Å². The fraction of sp³-hybridized carbons (Fsp3) is 0.375. The van der Waals surface area contributed by atoms with Gasteiger partial charge in [0.1, 0.15) is 0 Å². The molecule has 1 rings (SSSR count). The third kappa shape index (κ3) is 2.64. The lowest BCUT2D eigenvalue weighted by molar-refractivity contribution is 0.975. The largest absolute Gasteiger partial charge is 0.305 e. The molecule has 0 aliphatic rings. The smallest absolute Gasteiger partial charge is 0.160 e. The van der Waals surface area contributed by atoms with Gasteiger partial charge >= 0.3 is 0 Å². The van der Waals surface area contributed by atoms with E-state index >= 15 is 0 Å². The van der Waals surface area contributed by atoms with Gasteiger partial charge in [0, 0.05) is 11.3 Å². The van der Waals surface area contributed by atoms with Gasteiger partial charge in [0.05, 0.1) is 0 Å². The molecule has 0 atom stereocenters. The molecule has 1 aromatic heterocycles. The first-order valence-electron chi connectivity index (χ1n) is 3.91. The second-order valence-electron chi connectivity index (χ2n) is 2.60. The Morgan fingerprint density at radius 2 is 2.15 bits per heavy atom. The summed E-state index contributed by atoms with van der Waals surface area (Å²) in [5.74, 6) is 0. The molecule has 0 fully saturated rings. The summed E-state index contributed by atoms with van der Waals surface area (Å²) in [6, 6.07) is 1.56. The van der Waals surface area contributed by atoms with E-state index in [4.69, 9.17) is 28.6 Å². The van der Waals surface area contributed by atoms with E-state index in [0.717, 1.165) is 6.42 Å². The van der Waals surface area contributed by atoms with Crippen molar-refractivity contribution in [3.05, 3.63) is 21.9 Å². The third-order valence-corrected chi connectivity index (χ3v) is 2.01. The van der Waals surface area contributed by atoms with Gasteiger partial charge in [-0.3, -0.25) is 0 Å². The summed E-state index contributed by atoms with van der Waals surface area (Å²) < 4.78 is 0. The Balaban J connectivity index is 2.99. The Kier molecular flexibility index (Phi) is 3.63. The van der Waals surface area contributed by atoms with Crippen LogP contribution in [0.25, 0.3) is 0 Å². The minimum absolute atomic E-state index is 0.239. The Morgan fingerprint density at radius 3 is 2.77 bits per heavy atom. The summed E-state index contributed by atoms with van der Waals surface area (Å²) in [7, 11) is 0. The zero-order valence-electron chi connectivity index (χ0n) is 7.14. The zero-order chi connectivity index (χ0) is 9.84. The molecular weight excluding hydrogens is 209 g/mol. The Labute approximate surface area is 86.6 Å². The Hall–Kier alpha value is -0.670. The number of rotatable bonds is 3. The molecule has 5 heteroatoms. The molecular formula is C8H9Cl2N3. The molecule has 0 saturated carbocycles. The van der Waals surface area contributed by atoms with Crippen LogP contribution >= 0.6 is 23.2 Å². The average molecular weight is 218 g/mol. The standard InChI is InChI=1S/C8H9Cl2N3/c1-2-3-6(11)5-4-7(9)12-13-8(5)10/h4,11H,2-3H2,1H3. The molecule has 0 aliphatic carbocycles. The van der Waals surface area contributed by atoms with Crippen molar-refractivity contribution in [2.75, 3.05) is 0 Å². The molecule has 0 unspecified atom stereocenters. The molecule has 0 spiro atoms. The van der Waals surface area contributed by atoms with Gasteiger partial charge in [-0.2, -0.15) is 0 Å². The molecule has 1 N–H and O–H groups in total. The summed E-state index contributed by atoms with van der Waals surface area (Å²) >= 11 is 11.4. The second kappa shape index (κ2) is 4.53. The van der Waals surface area contributed by atoms with E-state index in [1.807, 2.05) is 6.92 Å². The number of aromatic nitrogens is 2. The highest BCUT2D eigenvalue weighted by Crippen LogP contribution is 2.17. The van der Waals surface area contributed by atoms with Crippen molar-refractivity contribution in [2.24, 2.45) is 0 Å². The van der Waals surface area contributed by atoms with Gasteiger partial charge in [0.15, 0.2) is 10.3 Å². The van der Waals surface area contributed by atoms with E-state index in [2.05, 4.69) is 10.2 Å². The van der Waals surface area contributed by atoms with Gasteiger partial charge in [0.25, 0.3) is 0 Å². The highest BCUT2D eigenvalue weighted by Gasteiger charge is 2.08. The third-order valence-electron chi connectivity index (χ3n) is 1.54. The number of nitrogens with zero attached hydrogens (tertiary/aromatic N) is 2. The van der Waals surface area contributed by atoms with Crippen LogP contribution in [-0.4, -0.2) is 15.9 Å². The SMILES string of the molecule is CCCC(=N)c1cc(Cl)nnc1Cl. The first-order chi connectivity index (χ1) is 6.15. The van der Waals surface area contributed by atoms with Crippen LogP contribution in [-0.2, 0) is 0 Å². The van der Waals surface area contributed by atoms with Crippen molar-refractivity contribution >= 4 is 28.9 Å². The maximum absolute atomic E-state index is 7.66. The van der Waals surface area contributed by atoms with Crippen LogP contribution in [0, 0.1) is 5.41 Å². The van der Waals surface area contributed by atoms with E-state index in [-0.39, 0.29) is 10.3 Å². The van der Waals surface area contributed by atoms with E-state index in [0.29, 0.717) is 17.7 Å². The second-order valence-corrected chi connectivity index (χ2v) is 3.35. The average Bonchev–Trinajstić information content (AvgIpc) is 2.09. The maximum atomic E-state index is 7.66. The van der Waals surface area contributed by atoms with Gasteiger partial charge in [-0.1, -0.05) is 36.5 Å². The maximum Gasteiger partial charge on any atom is 0.160 e. The quantitative estimate of drug-likeness (QED) is 0.792. The van der Waals surface area contributed by atoms with Gasteiger partial charge < -0.3 is 5.41 Å². The van der Waals surface area contributed by atoms with Crippen LogP contribution in [0.5, 0.6) is 0 Å². The highest BCUT2D eigenvalue weighted by atomic mass is 35.5. The molecule has 0 aliphatic heterocycles.